The van der Waals surface area contributed by atoms with E-state index in [4.69, 9.17) is 5.73 Å². The summed E-state index contributed by atoms with van der Waals surface area (Å²) in [6.45, 7) is 2.85. The summed E-state index contributed by atoms with van der Waals surface area (Å²) in [4.78, 5) is 83.9. The third-order valence-electron chi connectivity index (χ3n) is 10.2. The minimum absolute atomic E-state index is 0.0501. The van der Waals surface area contributed by atoms with Crippen molar-refractivity contribution in [2.75, 3.05) is 13.1 Å². The van der Waals surface area contributed by atoms with E-state index in [-0.39, 0.29) is 17.9 Å². The lowest BCUT2D eigenvalue weighted by Crippen LogP contribution is -2.64. The minimum Gasteiger partial charge on any atom is -0.508 e. The van der Waals surface area contributed by atoms with Crippen molar-refractivity contribution in [3.8, 4) is 5.75 Å². The Labute approximate surface area is 320 Å². The Morgan fingerprint density at radius 1 is 0.696 bits per heavy atom. The van der Waals surface area contributed by atoms with Crippen molar-refractivity contribution < 1.29 is 74.7 Å². The summed E-state index contributed by atoms with van der Waals surface area (Å²) in [6.07, 6.45) is -15.8. The van der Waals surface area contributed by atoms with E-state index in [2.05, 4.69) is 16.0 Å². The zero-order valence-electron chi connectivity index (χ0n) is 30.7. The zero-order valence-corrected chi connectivity index (χ0v) is 30.7. The van der Waals surface area contributed by atoms with Gasteiger partial charge in [-0.2, -0.15) is 0 Å². The number of aliphatic hydroxyl groups excluding tert-OH is 8. The molecule has 0 unspecified atom stereocenters. The number of nitrogens with one attached hydrogen (secondary N) is 4. The summed E-state index contributed by atoms with van der Waals surface area (Å²) in [5.41, 5.74) is 5.88. The molecule has 56 heavy (non-hydrogen) atoms. The molecule has 0 radical (unpaired) electrons. The van der Waals surface area contributed by atoms with Gasteiger partial charge in [0.25, 0.3) is 0 Å². The van der Waals surface area contributed by atoms with Crippen LogP contribution in [0.4, 0.5) is 0 Å². The number of nitrogens with zero attached hydrogens (tertiary/aromatic N) is 2. The average molecular weight is 798 g/mol. The molecule has 0 spiro atoms. The number of hydrogen-bond acceptors (Lipinski definition) is 16. The highest BCUT2D eigenvalue weighted by Gasteiger charge is 2.50. The summed E-state index contributed by atoms with van der Waals surface area (Å²) < 4.78 is 0. The topological polar surface area (TPSA) is 365 Å². The van der Waals surface area contributed by atoms with Gasteiger partial charge < -0.3 is 82.8 Å². The first-order valence-corrected chi connectivity index (χ1v) is 18.0. The molecule has 1 aromatic rings. The first-order valence-electron chi connectivity index (χ1n) is 18.0. The fourth-order valence-corrected chi connectivity index (χ4v) is 6.92. The van der Waals surface area contributed by atoms with E-state index in [1.54, 1.807) is 0 Å². The molecule has 22 heteroatoms. The third kappa shape index (κ3) is 9.70. The molecule has 3 saturated heterocycles. The molecule has 6 amide bonds. The number of phenolic OH excluding ortho intramolecular Hbond substituents is 1. The van der Waals surface area contributed by atoms with Crippen LogP contribution in [0.15, 0.2) is 24.3 Å². The normalized spacial score (nSPS) is 35.2. The van der Waals surface area contributed by atoms with Gasteiger partial charge in [0, 0.05) is 31.8 Å². The summed E-state index contributed by atoms with van der Waals surface area (Å²) >= 11 is 0. The number of carbonyl (C=O) groups is 6. The first-order chi connectivity index (χ1) is 26.1. The van der Waals surface area contributed by atoms with Crippen molar-refractivity contribution in [2.45, 2.75) is 119 Å². The van der Waals surface area contributed by atoms with Crippen molar-refractivity contribution in [1.29, 1.82) is 0 Å². The van der Waals surface area contributed by atoms with E-state index in [9.17, 15) is 74.7 Å². The van der Waals surface area contributed by atoms with E-state index in [1.807, 2.05) is 5.32 Å². The van der Waals surface area contributed by atoms with Gasteiger partial charge in [-0.05, 0) is 31.5 Å². The molecule has 15 atom stereocenters. The van der Waals surface area contributed by atoms with Gasteiger partial charge >= 0.3 is 0 Å². The summed E-state index contributed by atoms with van der Waals surface area (Å²) in [5, 5.41) is 105. The smallest absolute Gasteiger partial charge is 0.248 e. The second-order valence-electron chi connectivity index (χ2n) is 14.6. The van der Waals surface area contributed by atoms with Crippen LogP contribution in [0.3, 0.4) is 0 Å². The highest BCUT2D eigenvalue weighted by Crippen LogP contribution is 2.27. The Morgan fingerprint density at radius 3 is 1.80 bits per heavy atom. The number of amides is 6. The fraction of sp³-hybridized carbons (Fsp3) is 0.647. The Hall–Kier alpha value is -4.52. The van der Waals surface area contributed by atoms with Crippen LogP contribution in [-0.4, -0.2) is 183 Å². The number of hydrogen-bond donors (Lipinski definition) is 14. The number of benzene rings is 1. The molecule has 1 aromatic carbocycles. The maximum atomic E-state index is 14.0. The molecule has 0 bridgehead atoms. The van der Waals surface area contributed by atoms with Gasteiger partial charge in [-0.3, -0.25) is 28.8 Å². The number of nitrogens with two attached hydrogens (primary N) is 1. The van der Waals surface area contributed by atoms with Crippen LogP contribution in [0.5, 0.6) is 5.75 Å². The van der Waals surface area contributed by atoms with Crippen molar-refractivity contribution >= 4 is 35.4 Å². The van der Waals surface area contributed by atoms with Gasteiger partial charge in [-0.1, -0.05) is 19.1 Å². The largest absolute Gasteiger partial charge is 0.508 e. The van der Waals surface area contributed by atoms with E-state index < -0.39 is 146 Å². The number of aliphatic hydroxyl groups is 8. The van der Waals surface area contributed by atoms with Crippen molar-refractivity contribution in [1.82, 2.24) is 31.1 Å². The van der Waals surface area contributed by atoms with Crippen LogP contribution in [0.1, 0.15) is 45.3 Å². The summed E-state index contributed by atoms with van der Waals surface area (Å²) in [5.74, 6) is -8.12. The van der Waals surface area contributed by atoms with Gasteiger partial charge in [0.15, 0.2) is 6.23 Å². The average Bonchev–Trinajstić information content (AvgIpc) is 3.68. The van der Waals surface area contributed by atoms with Crippen LogP contribution in [0, 0.1) is 5.92 Å². The summed E-state index contributed by atoms with van der Waals surface area (Å²) in [7, 11) is 0. The predicted octanol–water partition coefficient (Wildman–Crippen LogP) is -7.30. The Morgan fingerprint density at radius 2 is 1.23 bits per heavy atom. The van der Waals surface area contributed by atoms with Crippen LogP contribution >= 0.6 is 0 Å². The lowest BCUT2D eigenvalue weighted by atomic mass is 9.96. The van der Waals surface area contributed by atoms with Gasteiger partial charge in [0.2, 0.25) is 35.4 Å². The Bertz CT molecular complexity index is 1620. The molecule has 3 aliphatic rings. The van der Waals surface area contributed by atoms with Gasteiger partial charge in [0.1, 0.15) is 54.3 Å². The molecule has 3 fully saturated rings. The number of rotatable bonds is 5. The number of carbonyl (C=O) groups excluding carboxylic acids is 6. The van der Waals surface area contributed by atoms with E-state index in [0.29, 0.717) is 0 Å². The molecule has 0 aliphatic carbocycles. The third-order valence-corrected chi connectivity index (χ3v) is 10.2. The quantitative estimate of drug-likeness (QED) is 0.132. The highest BCUT2D eigenvalue weighted by atomic mass is 16.3. The molecule has 15 N–H and O–H groups in total. The van der Waals surface area contributed by atoms with Gasteiger partial charge in [-0.25, -0.2) is 0 Å². The zero-order chi connectivity index (χ0) is 41.9. The molecular weight excluding hydrogens is 746 g/mol. The predicted molar refractivity (Wildman–Crippen MR) is 188 cm³/mol. The summed E-state index contributed by atoms with van der Waals surface area (Å²) in [6, 6.07) is -6.28. The lowest BCUT2D eigenvalue weighted by Gasteiger charge is -2.34. The number of phenols is 1. The molecule has 0 aromatic heterocycles. The van der Waals surface area contributed by atoms with Crippen LogP contribution < -0.4 is 27.0 Å². The molecule has 312 valence electrons. The molecule has 3 heterocycles. The second kappa shape index (κ2) is 18.2. The number of aromatic hydroxyl groups is 1. The Balaban J connectivity index is 1.80. The molecule has 22 nitrogen and oxygen atoms in total. The molecule has 3 aliphatic heterocycles. The lowest BCUT2D eigenvalue weighted by molar-refractivity contribution is -0.148. The molecule has 4 rings (SSSR count). The van der Waals surface area contributed by atoms with Crippen LogP contribution in [0.2, 0.25) is 0 Å². The van der Waals surface area contributed by atoms with Gasteiger partial charge in [0.05, 0.1) is 30.5 Å². The standard InChI is InChI=1S/C34H51N7O15/c1-12-10-41-24(25(12)47)32(54)39-30(52)20(46)9-18(35)28(50)36-21(13(2)42)33(55)40-11-17(45)8-19(40)29(51)38-23(31(53)37-22(14(3)43)34(41)56)27(49)26(48)15-4-6-16(44)7-5-15/h4-7,12-14,17-27,30,42-49,52H,8-11,35H2,1-3H3,(H,36,50)(H,37,53)(H,38,51)(H,39,54)/t12-,13-,14-,17-,18+,19+,20-,21+,22+,23+,24+,25-,26+,27+,30-/m1/s1. The molecular formula is C34H51N7O15. The second-order valence-corrected chi connectivity index (χ2v) is 14.6. The van der Waals surface area contributed by atoms with Crippen molar-refractivity contribution in [3.05, 3.63) is 29.8 Å². The van der Waals surface area contributed by atoms with E-state index in [0.717, 1.165) is 35.8 Å². The maximum Gasteiger partial charge on any atom is 0.248 e. The van der Waals surface area contributed by atoms with E-state index >= 15 is 0 Å². The first kappa shape index (κ1) is 44.2. The number of fused-ring (bicyclic) bond motifs is 2. The monoisotopic (exact) mass is 797 g/mol. The molecule has 0 saturated carbocycles. The Kier molecular flexibility index (Phi) is 14.3. The van der Waals surface area contributed by atoms with Crippen LogP contribution in [0.25, 0.3) is 0 Å². The minimum atomic E-state index is -2.24. The van der Waals surface area contributed by atoms with Crippen molar-refractivity contribution in [2.24, 2.45) is 11.7 Å². The van der Waals surface area contributed by atoms with Crippen LogP contribution in [-0.2, 0) is 28.8 Å². The van der Waals surface area contributed by atoms with Crippen molar-refractivity contribution in [3.63, 3.8) is 0 Å². The van der Waals surface area contributed by atoms with E-state index in [1.165, 1.54) is 19.1 Å². The highest BCUT2D eigenvalue weighted by molar-refractivity contribution is 5.98. The SMILES string of the molecule is C[C@@H]1CN2C(=O)[C@H]([C@@H](C)O)NC(=O)[C@H]([C@H](O)[C@@H](O)c3ccc(O)cc3)NC(=O)[C@@H]3C[C@@H](O)CN3C(=O)[C@H]([C@@H](C)O)NC(=O)[C@@H](N)C[C@@H](O)[C@@H](O)NC(=O)[C@@H]2[C@@H]1O. The fourth-order valence-electron chi connectivity index (χ4n) is 6.92. The van der Waals surface area contributed by atoms with Gasteiger partial charge in [-0.15, -0.1) is 0 Å². The maximum absolute atomic E-state index is 14.0.